The number of furan rings is 1. The lowest BCUT2D eigenvalue weighted by molar-refractivity contribution is -0.121. The molecule has 2 aromatic rings. The van der Waals surface area contributed by atoms with Gasteiger partial charge in [0.1, 0.15) is 5.76 Å². The Bertz CT molecular complexity index is 720. The van der Waals surface area contributed by atoms with Gasteiger partial charge in [-0.3, -0.25) is 9.59 Å². The molecule has 1 N–H and O–H groups in total. The predicted octanol–water partition coefficient (Wildman–Crippen LogP) is 2.94. The molecule has 1 saturated carbocycles. The molecule has 5 nitrogen and oxygen atoms in total. The molecule has 0 bridgehead atoms. The van der Waals surface area contributed by atoms with Gasteiger partial charge in [-0.2, -0.15) is 0 Å². The lowest BCUT2D eigenvalue weighted by atomic mass is 10.1. The summed E-state index contributed by atoms with van der Waals surface area (Å²) in [5, 5.41) is 2.94. The fourth-order valence-corrected chi connectivity index (χ4v) is 2.90. The average Bonchev–Trinajstić information content (AvgIpc) is 3.36. The van der Waals surface area contributed by atoms with Gasteiger partial charge in [0.2, 0.25) is 5.91 Å². The van der Waals surface area contributed by atoms with Crippen molar-refractivity contribution in [3.63, 3.8) is 0 Å². The number of carbonyl (C=O) groups is 2. The molecule has 3 rings (SSSR count). The Morgan fingerprint density at radius 3 is 2.60 bits per heavy atom. The van der Waals surface area contributed by atoms with Gasteiger partial charge in [0.05, 0.1) is 11.8 Å². The number of amides is 2. The average molecular weight is 340 g/mol. The molecule has 1 aliphatic carbocycles. The van der Waals surface area contributed by atoms with Gasteiger partial charge in [-0.05, 0) is 37.8 Å². The van der Waals surface area contributed by atoms with Crippen LogP contribution in [0.15, 0.2) is 47.1 Å². The molecule has 1 aliphatic rings. The van der Waals surface area contributed by atoms with Crippen molar-refractivity contribution in [1.29, 1.82) is 0 Å². The van der Waals surface area contributed by atoms with Crippen LogP contribution in [0.2, 0.25) is 0 Å². The second-order valence-corrected chi connectivity index (χ2v) is 6.46. The van der Waals surface area contributed by atoms with E-state index in [1.165, 1.54) is 11.8 Å². The first-order valence-corrected chi connectivity index (χ1v) is 8.81. The predicted molar refractivity (Wildman–Crippen MR) is 95.3 cm³/mol. The third kappa shape index (κ3) is 4.72. The van der Waals surface area contributed by atoms with E-state index in [0.29, 0.717) is 30.8 Å². The molecule has 0 radical (unpaired) electrons. The number of benzene rings is 1. The van der Waals surface area contributed by atoms with E-state index >= 15 is 0 Å². The van der Waals surface area contributed by atoms with E-state index in [2.05, 4.69) is 5.32 Å². The van der Waals surface area contributed by atoms with Crippen molar-refractivity contribution in [2.24, 2.45) is 0 Å². The molecule has 5 heteroatoms. The number of hydrogen-bond acceptors (Lipinski definition) is 3. The summed E-state index contributed by atoms with van der Waals surface area (Å²) in [6.07, 6.45) is 4.69. The molecule has 0 saturated heterocycles. The third-order valence-electron chi connectivity index (χ3n) is 4.50. The van der Waals surface area contributed by atoms with E-state index in [1.54, 1.807) is 13.0 Å². The molecule has 1 fully saturated rings. The molecule has 2 amide bonds. The van der Waals surface area contributed by atoms with Gasteiger partial charge < -0.3 is 14.6 Å². The summed E-state index contributed by atoms with van der Waals surface area (Å²) in [6.45, 7) is 2.85. The molecule has 132 valence electrons. The zero-order chi connectivity index (χ0) is 17.6. The Morgan fingerprint density at radius 2 is 1.96 bits per heavy atom. The monoisotopic (exact) mass is 340 g/mol. The van der Waals surface area contributed by atoms with Gasteiger partial charge in [-0.1, -0.05) is 30.3 Å². The Labute approximate surface area is 148 Å². The minimum Gasteiger partial charge on any atom is -0.469 e. The summed E-state index contributed by atoms with van der Waals surface area (Å²) < 4.78 is 5.23. The molecule has 0 spiro atoms. The molecule has 0 aliphatic heterocycles. The highest BCUT2D eigenvalue weighted by Crippen LogP contribution is 2.29. The van der Waals surface area contributed by atoms with Crippen LogP contribution in [0.4, 0.5) is 0 Å². The highest BCUT2D eigenvalue weighted by Gasteiger charge is 2.34. The van der Waals surface area contributed by atoms with Crippen LogP contribution in [-0.4, -0.2) is 35.8 Å². The maximum absolute atomic E-state index is 12.7. The van der Waals surface area contributed by atoms with E-state index in [0.717, 1.165) is 19.3 Å². The van der Waals surface area contributed by atoms with E-state index in [1.807, 2.05) is 35.2 Å². The molecular weight excluding hydrogens is 316 g/mol. The van der Waals surface area contributed by atoms with E-state index in [9.17, 15) is 9.59 Å². The Kier molecular flexibility index (Phi) is 5.53. The molecule has 0 unspecified atom stereocenters. The van der Waals surface area contributed by atoms with Crippen molar-refractivity contribution in [2.45, 2.75) is 38.6 Å². The normalized spacial score (nSPS) is 13.5. The smallest absolute Gasteiger partial charge is 0.257 e. The summed E-state index contributed by atoms with van der Waals surface area (Å²) >= 11 is 0. The molecule has 1 aromatic carbocycles. The van der Waals surface area contributed by atoms with Crippen LogP contribution in [-0.2, 0) is 11.2 Å². The zero-order valence-electron chi connectivity index (χ0n) is 14.5. The van der Waals surface area contributed by atoms with Crippen LogP contribution in [0.25, 0.3) is 0 Å². The lowest BCUT2D eigenvalue weighted by Crippen LogP contribution is -2.37. The Morgan fingerprint density at radius 1 is 1.20 bits per heavy atom. The van der Waals surface area contributed by atoms with Crippen molar-refractivity contribution in [3.05, 3.63) is 59.5 Å². The van der Waals surface area contributed by atoms with Crippen LogP contribution >= 0.6 is 0 Å². The summed E-state index contributed by atoms with van der Waals surface area (Å²) in [6, 6.07) is 12.0. The van der Waals surface area contributed by atoms with Gasteiger partial charge in [-0.25, -0.2) is 0 Å². The number of hydrogen-bond donors (Lipinski definition) is 1. The standard InChI is InChI=1S/C20H24N2O3/c1-15-18(11-14-25-15)20(24)22(17-7-8-17)13-10-19(23)21-12-9-16-5-3-2-4-6-16/h2-6,11,14,17H,7-10,12-13H2,1H3,(H,21,23). The van der Waals surface area contributed by atoms with Gasteiger partial charge in [0, 0.05) is 25.6 Å². The van der Waals surface area contributed by atoms with Crippen LogP contribution in [0.3, 0.4) is 0 Å². The van der Waals surface area contributed by atoms with Crippen molar-refractivity contribution in [2.75, 3.05) is 13.1 Å². The Hall–Kier alpha value is -2.56. The van der Waals surface area contributed by atoms with Gasteiger partial charge in [-0.15, -0.1) is 0 Å². The highest BCUT2D eigenvalue weighted by molar-refractivity contribution is 5.95. The molecule has 0 atom stereocenters. The van der Waals surface area contributed by atoms with Crippen molar-refractivity contribution in [3.8, 4) is 0 Å². The largest absolute Gasteiger partial charge is 0.469 e. The van der Waals surface area contributed by atoms with Gasteiger partial charge >= 0.3 is 0 Å². The number of aryl methyl sites for hydroxylation is 1. The summed E-state index contributed by atoms with van der Waals surface area (Å²) in [5.74, 6) is 0.576. The van der Waals surface area contributed by atoms with Gasteiger partial charge in [0.15, 0.2) is 0 Å². The number of carbonyl (C=O) groups excluding carboxylic acids is 2. The second-order valence-electron chi connectivity index (χ2n) is 6.46. The second kappa shape index (κ2) is 8.01. The third-order valence-corrected chi connectivity index (χ3v) is 4.50. The SMILES string of the molecule is Cc1occc1C(=O)N(CCC(=O)NCCc1ccccc1)C1CC1. The molecular formula is C20H24N2O3. The number of nitrogens with one attached hydrogen (secondary N) is 1. The minimum absolute atomic E-state index is 0.0155. The van der Waals surface area contributed by atoms with E-state index < -0.39 is 0 Å². The first-order valence-electron chi connectivity index (χ1n) is 8.81. The summed E-state index contributed by atoms with van der Waals surface area (Å²) in [4.78, 5) is 26.6. The maximum atomic E-state index is 12.7. The van der Waals surface area contributed by atoms with Crippen molar-refractivity contribution >= 4 is 11.8 Å². The van der Waals surface area contributed by atoms with Crippen molar-refractivity contribution in [1.82, 2.24) is 10.2 Å². The quantitative estimate of drug-likeness (QED) is 0.804. The summed E-state index contributed by atoms with van der Waals surface area (Å²) in [7, 11) is 0. The number of rotatable bonds is 8. The van der Waals surface area contributed by atoms with Crippen LogP contribution < -0.4 is 5.32 Å². The molecule has 25 heavy (non-hydrogen) atoms. The van der Waals surface area contributed by atoms with Crippen LogP contribution in [0.1, 0.15) is 40.9 Å². The van der Waals surface area contributed by atoms with E-state index in [-0.39, 0.29) is 17.9 Å². The van der Waals surface area contributed by atoms with Crippen LogP contribution in [0.5, 0.6) is 0 Å². The van der Waals surface area contributed by atoms with Crippen LogP contribution in [0, 0.1) is 6.92 Å². The fraction of sp³-hybridized carbons (Fsp3) is 0.400. The summed E-state index contributed by atoms with van der Waals surface area (Å²) in [5.41, 5.74) is 1.80. The molecule has 1 heterocycles. The first-order chi connectivity index (χ1) is 12.1. The highest BCUT2D eigenvalue weighted by atomic mass is 16.3. The topological polar surface area (TPSA) is 62.6 Å². The molecule has 1 aromatic heterocycles. The number of nitrogens with zero attached hydrogens (tertiary/aromatic N) is 1. The first kappa shape index (κ1) is 17.3. The fourth-order valence-electron chi connectivity index (χ4n) is 2.90. The zero-order valence-corrected chi connectivity index (χ0v) is 14.5. The lowest BCUT2D eigenvalue weighted by Gasteiger charge is -2.22. The van der Waals surface area contributed by atoms with Crippen molar-refractivity contribution < 1.29 is 14.0 Å². The van der Waals surface area contributed by atoms with E-state index in [4.69, 9.17) is 4.42 Å². The minimum atomic E-state index is -0.0363. The van der Waals surface area contributed by atoms with Gasteiger partial charge in [0.25, 0.3) is 5.91 Å². The maximum Gasteiger partial charge on any atom is 0.257 e. The Balaban J connectivity index is 1.46.